The van der Waals surface area contributed by atoms with Crippen molar-refractivity contribution < 1.29 is 52.5 Å². The van der Waals surface area contributed by atoms with E-state index in [-0.39, 0.29) is 24.0 Å². The van der Waals surface area contributed by atoms with E-state index in [9.17, 15) is 29.4 Å². The monoisotopic (exact) mass is 476 g/mol. The third-order valence-electron chi connectivity index (χ3n) is 3.87. The number of carbonyl (C=O) groups excluding carboxylic acids is 1. The first-order chi connectivity index (χ1) is 13.1. The van der Waals surface area contributed by atoms with Crippen LogP contribution in [0.25, 0.3) is 0 Å². The van der Waals surface area contributed by atoms with Crippen molar-refractivity contribution >= 4 is 41.2 Å². The number of phosphoric acid groups is 1. The molecule has 1 fully saturated rings. The molecule has 3 unspecified atom stereocenters. The van der Waals surface area contributed by atoms with Gasteiger partial charge in [-0.05, 0) is 12.7 Å². The van der Waals surface area contributed by atoms with Gasteiger partial charge in [0.1, 0.15) is 31.5 Å². The van der Waals surface area contributed by atoms with E-state index in [1.165, 1.54) is 6.20 Å². The Morgan fingerprint density at radius 1 is 1.14 bits per heavy atom. The van der Waals surface area contributed by atoms with Gasteiger partial charge < -0.3 is 45.2 Å². The molecular formula is C13H23N2O11P3. The van der Waals surface area contributed by atoms with Gasteiger partial charge in [-0.1, -0.05) is 12.9 Å². The maximum absolute atomic E-state index is 12.0. The zero-order valence-corrected chi connectivity index (χ0v) is 17.7. The third kappa shape index (κ3) is 6.86. The van der Waals surface area contributed by atoms with Gasteiger partial charge >= 0.3 is 7.82 Å². The second kappa shape index (κ2) is 8.76. The standard InChI is InChI=1S/C13H23N2O11P3/c1-7-14-6-8(13(18)15-7)12-11(17)10(16)9(24-12)4-5-27(2,19)25-28(3,20)26-29(21,22)23/h6,9-12,14,16-17,19-20H,1-5H2,(H,15,18)(H2,21,22,23)/t9-,10?,11+,12+,27?,28?/m1/s1. The van der Waals surface area contributed by atoms with Crippen LogP contribution in [0.5, 0.6) is 0 Å². The quantitative estimate of drug-likeness (QED) is 0.189. The Bertz CT molecular complexity index is 853. The number of carbonyl (C=O) groups is 1. The normalized spacial score (nSPS) is 32.0. The molecule has 0 aromatic carbocycles. The number of aliphatic hydroxyl groups is 2. The molecule has 13 nitrogen and oxygen atoms in total. The Morgan fingerprint density at radius 3 is 2.31 bits per heavy atom. The number of ether oxygens (including phenoxy) is 1. The topological polar surface area (TPSA) is 207 Å². The van der Waals surface area contributed by atoms with Gasteiger partial charge in [-0.15, -0.1) is 0 Å². The summed E-state index contributed by atoms with van der Waals surface area (Å²) < 4.78 is 25.2. The van der Waals surface area contributed by atoms with Gasteiger partial charge in [-0.2, -0.15) is 0 Å². The molecule has 0 spiro atoms. The molecule has 2 heterocycles. The molecule has 2 aliphatic rings. The minimum Gasteiger partial charge on any atom is -0.388 e. The SMILES string of the molecule is C=C1NC=C([C@@H]2O[C@H](CCP(=C)(O)OP(=C)(O)OP(=O)(O)O)C(O)[C@@H]2O)C(=O)N1. The molecule has 0 aliphatic carbocycles. The molecule has 16 heteroatoms. The predicted molar refractivity (Wildman–Crippen MR) is 105 cm³/mol. The van der Waals surface area contributed by atoms with Crippen LogP contribution in [0.2, 0.25) is 0 Å². The molecule has 2 rings (SSSR count). The van der Waals surface area contributed by atoms with Crippen LogP contribution in [0.15, 0.2) is 24.2 Å². The Kier molecular flexibility index (Phi) is 7.40. The first-order valence-electron chi connectivity index (χ1n) is 7.98. The molecule has 0 aromatic heterocycles. The Hall–Kier alpha value is -0.780. The summed E-state index contributed by atoms with van der Waals surface area (Å²) in [4.78, 5) is 49.4. The van der Waals surface area contributed by atoms with Gasteiger partial charge in [0.05, 0.1) is 11.7 Å². The summed E-state index contributed by atoms with van der Waals surface area (Å²) in [7, 11) is -13.2. The highest BCUT2D eigenvalue weighted by Crippen LogP contribution is 2.65. The predicted octanol–water partition coefficient (Wildman–Crippen LogP) is -1.48. The van der Waals surface area contributed by atoms with E-state index in [1.807, 2.05) is 0 Å². The molecule has 6 atom stereocenters. The highest BCUT2D eigenvalue weighted by Gasteiger charge is 2.46. The third-order valence-corrected chi connectivity index (χ3v) is 8.94. The van der Waals surface area contributed by atoms with Crippen molar-refractivity contribution in [3.8, 4) is 0 Å². The Morgan fingerprint density at radius 2 is 1.76 bits per heavy atom. The van der Waals surface area contributed by atoms with Gasteiger partial charge in [0, 0.05) is 12.4 Å². The molecule has 1 saturated heterocycles. The van der Waals surface area contributed by atoms with Crippen LogP contribution in [0, 0.1) is 0 Å². The molecule has 0 radical (unpaired) electrons. The van der Waals surface area contributed by atoms with E-state index >= 15 is 0 Å². The lowest BCUT2D eigenvalue weighted by atomic mass is 10.0. The first-order valence-corrected chi connectivity index (χ1v) is 13.3. The van der Waals surface area contributed by atoms with Crippen molar-refractivity contribution in [1.29, 1.82) is 0 Å². The average Bonchev–Trinajstić information content (AvgIpc) is 2.78. The van der Waals surface area contributed by atoms with Crippen LogP contribution >= 0.6 is 22.7 Å². The molecule has 1 amide bonds. The lowest BCUT2D eigenvalue weighted by molar-refractivity contribution is -0.119. The van der Waals surface area contributed by atoms with Crippen LogP contribution in [0.3, 0.4) is 0 Å². The van der Waals surface area contributed by atoms with Crippen molar-refractivity contribution in [2.45, 2.75) is 30.8 Å². The van der Waals surface area contributed by atoms with E-state index < -0.39 is 53.1 Å². The number of hydrogen-bond donors (Lipinski definition) is 8. The fraction of sp³-hybridized carbons (Fsp3) is 0.462. The fourth-order valence-corrected chi connectivity index (χ4v) is 7.32. The summed E-state index contributed by atoms with van der Waals surface area (Å²) in [5, 5.41) is 25.5. The van der Waals surface area contributed by atoms with Crippen LogP contribution in [-0.2, 0) is 22.7 Å². The summed E-state index contributed by atoms with van der Waals surface area (Å²) in [6.45, 7) is 3.52. The smallest absolute Gasteiger partial charge is 0.388 e. The lowest BCUT2D eigenvalue weighted by Crippen LogP contribution is -2.42. The van der Waals surface area contributed by atoms with Gasteiger partial charge in [0.15, 0.2) is 0 Å². The van der Waals surface area contributed by atoms with Gasteiger partial charge in [0.2, 0.25) is 0 Å². The van der Waals surface area contributed by atoms with Gasteiger partial charge in [-0.3, -0.25) is 9.11 Å². The number of nitrogens with one attached hydrogen (secondary N) is 2. The van der Waals surface area contributed by atoms with Crippen molar-refractivity contribution in [3.63, 3.8) is 0 Å². The van der Waals surface area contributed by atoms with E-state index in [2.05, 4.69) is 34.1 Å². The van der Waals surface area contributed by atoms with E-state index in [0.717, 1.165) is 0 Å². The molecule has 0 saturated carbocycles. The minimum absolute atomic E-state index is 0.0236. The zero-order valence-electron chi connectivity index (χ0n) is 15.0. The number of rotatable bonds is 8. The molecular weight excluding hydrogens is 453 g/mol. The molecule has 0 aromatic rings. The van der Waals surface area contributed by atoms with Crippen LogP contribution in [-0.4, -0.2) is 78.9 Å². The van der Waals surface area contributed by atoms with E-state index in [0.29, 0.717) is 0 Å². The number of hydrogen-bond acceptors (Lipinski definition) is 10. The maximum Gasteiger partial charge on any atom is 0.476 e. The van der Waals surface area contributed by atoms with E-state index in [4.69, 9.17) is 18.8 Å². The summed E-state index contributed by atoms with van der Waals surface area (Å²) in [6, 6.07) is 0. The van der Waals surface area contributed by atoms with Crippen LogP contribution in [0.1, 0.15) is 6.42 Å². The minimum atomic E-state index is -5.13. The van der Waals surface area contributed by atoms with Crippen LogP contribution < -0.4 is 10.6 Å². The largest absolute Gasteiger partial charge is 0.476 e. The average molecular weight is 476 g/mol. The summed E-state index contributed by atoms with van der Waals surface area (Å²) in [5.41, 5.74) is 0.0236. The summed E-state index contributed by atoms with van der Waals surface area (Å²) in [6.07, 6.45) is 2.15. The zero-order chi connectivity index (χ0) is 22.2. The second-order valence-corrected chi connectivity index (χ2v) is 12.1. The number of aliphatic hydroxyl groups excluding tert-OH is 2. The van der Waals surface area contributed by atoms with Crippen LogP contribution in [0.4, 0.5) is 0 Å². The van der Waals surface area contributed by atoms with Crippen molar-refractivity contribution in [2.75, 3.05) is 6.16 Å². The second-order valence-electron chi connectivity index (χ2n) is 6.40. The summed E-state index contributed by atoms with van der Waals surface area (Å²) >= 11 is 0. The molecule has 2 aliphatic heterocycles. The molecule has 0 bridgehead atoms. The lowest BCUT2D eigenvalue weighted by Gasteiger charge is -2.26. The Balaban J connectivity index is 2.01. The molecule has 166 valence electrons. The van der Waals surface area contributed by atoms with Crippen molar-refractivity contribution in [3.05, 3.63) is 24.2 Å². The maximum atomic E-state index is 12.0. The van der Waals surface area contributed by atoms with Gasteiger partial charge in [0.25, 0.3) is 13.5 Å². The van der Waals surface area contributed by atoms with Crippen molar-refractivity contribution in [1.82, 2.24) is 10.6 Å². The summed E-state index contributed by atoms with van der Waals surface area (Å²) in [5.74, 6) is -0.342. The highest BCUT2D eigenvalue weighted by atomic mass is 31.3. The first kappa shape index (κ1) is 24.5. The highest BCUT2D eigenvalue weighted by molar-refractivity contribution is 7.76. The number of amides is 1. The molecule has 29 heavy (non-hydrogen) atoms. The van der Waals surface area contributed by atoms with E-state index in [1.54, 1.807) is 0 Å². The van der Waals surface area contributed by atoms with Crippen molar-refractivity contribution in [2.24, 2.45) is 0 Å². The Labute approximate surface area is 166 Å². The fourth-order valence-electron chi connectivity index (χ4n) is 2.72. The molecule has 8 N–H and O–H groups in total. The van der Waals surface area contributed by atoms with Gasteiger partial charge in [-0.25, -0.2) is 8.88 Å².